The van der Waals surface area contributed by atoms with E-state index in [9.17, 15) is 10.2 Å². The molecule has 0 aliphatic heterocycles. The summed E-state index contributed by atoms with van der Waals surface area (Å²) < 4.78 is 0. The Morgan fingerprint density at radius 1 is 0.722 bits per heavy atom. The van der Waals surface area contributed by atoms with Crippen molar-refractivity contribution >= 4 is 0 Å². The fourth-order valence-corrected chi connectivity index (χ4v) is 2.90. The van der Waals surface area contributed by atoms with E-state index in [2.05, 4.69) is 12.1 Å². The molecule has 0 saturated heterocycles. The van der Waals surface area contributed by atoms with Crippen LogP contribution in [0.1, 0.15) is 22.3 Å². The Morgan fingerprint density at radius 3 is 1.56 bits per heavy atom. The predicted molar refractivity (Wildman–Crippen MR) is 71.1 cm³/mol. The topological polar surface area (TPSA) is 40.5 Å². The van der Waals surface area contributed by atoms with E-state index >= 15 is 0 Å². The average Bonchev–Trinajstić information content (AvgIpc) is 2.45. The minimum atomic E-state index is 0.0440. The molecule has 1 aliphatic carbocycles. The summed E-state index contributed by atoms with van der Waals surface area (Å²) in [7, 11) is 0. The van der Waals surface area contributed by atoms with Gasteiger partial charge in [0.1, 0.15) is 0 Å². The van der Waals surface area contributed by atoms with Gasteiger partial charge in [-0.15, -0.1) is 0 Å². The molecule has 92 valence electrons. The van der Waals surface area contributed by atoms with Gasteiger partial charge in [0.25, 0.3) is 0 Å². The van der Waals surface area contributed by atoms with Crippen LogP contribution in [0.4, 0.5) is 0 Å². The molecule has 0 unspecified atom stereocenters. The highest BCUT2D eigenvalue weighted by molar-refractivity contribution is 5.78. The molecular formula is C16H16O2. The molecule has 18 heavy (non-hydrogen) atoms. The molecule has 0 atom stereocenters. The number of aliphatic hydroxyl groups is 2. The van der Waals surface area contributed by atoms with Crippen LogP contribution in [0, 0.1) is 0 Å². The van der Waals surface area contributed by atoms with E-state index in [0.29, 0.717) is 0 Å². The van der Waals surface area contributed by atoms with Gasteiger partial charge in [0.2, 0.25) is 0 Å². The van der Waals surface area contributed by atoms with Crippen LogP contribution in [0.5, 0.6) is 0 Å². The van der Waals surface area contributed by atoms with Crippen molar-refractivity contribution in [3.05, 3.63) is 58.7 Å². The lowest BCUT2D eigenvalue weighted by Gasteiger charge is -2.24. The first-order chi connectivity index (χ1) is 8.85. The van der Waals surface area contributed by atoms with Crippen molar-refractivity contribution in [3.63, 3.8) is 0 Å². The zero-order valence-electron chi connectivity index (χ0n) is 10.2. The number of benzene rings is 2. The van der Waals surface area contributed by atoms with Crippen molar-refractivity contribution in [3.8, 4) is 11.1 Å². The standard InChI is InChI=1S/C16H16O2/c17-9-13-5-1-3-11-7-8-12-4-2-6-14(10-18)16(12)15(11)13/h1-6,17-18H,7-10H2. The first-order valence-electron chi connectivity index (χ1n) is 6.28. The lowest BCUT2D eigenvalue weighted by atomic mass is 9.81. The lowest BCUT2D eigenvalue weighted by molar-refractivity contribution is 0.280. The molecule has 3 rings (SSSR count). The fraction of sp³-hybridized carbons (Fsp3) is 0.250. The Labute approximate surface area is 107 Å². The maximum atomic E-state index is 9.52. The maximum Gasteiger partial charge on any atom is 0.0687 e. The van der Waals surface area contributed by atoms with E-state index < -0.39 is 0 Å². The zero-order chi connectivity index (χ0) is 12.5. The highest BCUT2D eigenvalue weighted by Gasteiger charge is 2.20. The first-order valence-corrected chi connectivity index (χ1v) is 6.28. The van der Waals surface area contributed by atoms with Gasteiger partial charge in [0, 0.05) is 0 Å². The van der Waals surface area contributed by atoms with Crippen molar-refractivity contribution in [2.45, 2.75) is 26.1 Å². The van der Waals surface area contributed by atoms with Crippen LogP contribution < -0.4 is 0 Å². The fourth-order valence-electron chi connectivity index (χ4n) is 2.90. The van der Waals surface area contributed by atoms with Crippen LogP contribution >= 0.6 is 0 Å². The van der Waals surface area contributed by atoms with Crippen molar-refractivity contribution in [2.75, 3.05) is 0 Å². The molecule has 2 aromatic carbocycles. The highest BCUT2D eigenvalue weighted by atomic mass is 16.3. The molecule has 0 heterocycles. The van der Waals surface area contributed by atoms with Gasteiger partial charge in [-0.3, -0.25) is 0 Å². The van der Waals surface area contributed by atoms with E-state index in [-0.39, 0.29) is 13.2 Å². The molecule has 0 spiro atoms. The monoisotopic (exact) mass is 240 g/mol. The van der Waals surface area contributed by atoms with Crippen LogP contribution in [0.25, 0.3) is 11.1 Å². The summed E-state index contributed by atoms with van der Waals surface area (Å²) in [6, 6.07) is 12.1. The maximum absolute atomic E-state index is 9.52. The van der Waals surface area contributed by atoms with Crippen molar-refractivity contribution in [1.29, 1.82) is 0 Å². The average molecular weight is 240 g/mol. The van der Waals surface area contributed by atoms with Gasteiger partial charge in [0.05, 0.1) is 13.2 Å². The smallest absolute Gasteiger partial charge is 0.0687 e. The molecule has 2 N–H and O–H groups in total. The third kappa shape index (κ3) is 1.65. The summed E-state index contributed by atoms with van der Waals surface area (Å²) in [6.07, 6.45) is 2.01. The summed E-state index contributed by atoms with van der Waals surface area (Å²) in [5.74, 6) is 0. The second-order valence-electron chi connectivity index (χ2n) is 4.72. The van der Waals surface area contributed by atoms with E-state index in [1.54, 1.807) is 0 Å². The second-order valence-corrected chi connectivity index (χ2v) is 4.72. The molecule has 2 heteroatoms. The Balaban J connectivity index is 2.32. The van der Waals surface area contributed by atoms with Gasteiger partial charge in [-0.25, -0.2) is 0 Å². The molecular weight excluding hydrogens is 224 g/mol. The molecule has 0 saturated carbocycles. The summed E-state index contributed by atoms with van der Waals surface area (Å²) in [5.41, 5.74) is 6.71. The van der Waals surface area contributed by atoms with Gasteiger partial charge in [-0.2, -0.15) is 0 Å². The molecule has 1 aliphatic rings. The van der Waals surface area contributed by atoms with Crippen LogP contribution in [0.3, 0.4) is 0 Å². The van der Waals surface area contributed by atoms with Gasteiger partial charge in [0.15, 0.2) is 0 Å². The third-order valence-electron chi connectivity index (χ3n) is 3.73. The Hall–Kier alpha value is -1.64. The number of rotatable bonds is 2. The van der Waals surface area contributed by atoms with Crippen LogP contribution in [0.2, 0.25) is 0 Å². The van der Waals surface area contributed by atoms with E-state index in [1.807, 2.05) is 24.3 Å². The molecule has 0 fully saturated rings. The van der Waals surface area contributed by atoms with E-state index in [0.717, 1.165) is 35.1 Å². The molecule has 2 nitrogen and oxygen atoms in total. The highest BCUT2D eigenvalue weighted by Crippen LogP contribution is 2.38. The Bertz CT molecular complexity index is 506. The molecule has 0 aromatic heterocycles. The van der Waals surface area contributed by atoms with Gasteiger partial charge >= 0.3 is 0 Å². The summed E-state index contributed by atoms with van der Waals surface area (Å²) >= 11 is 0. The largest absolute Gasteiger partial charge is 0.392 e. The number of hydrogen-bond acceptors (Lipinski definition) is 2. The number of aryl methyl sites for hydroxylation is 2. The van der Waals surface area contributed by atoms with Crippen molar-refractivity contribution < 1.29 is 10.2 Å². The molecule has 0 radical (unpaired) electrons. The minimum Gasteiger partial charge on any atom is -0.392 e. The summed E-state index contributed by atoms with van der Waals surface area (Å²) in [4.78, 5) is 0. The van der Waals surface area contributed by atoms with E-state index in [4.69, 9.17) is 0 Å². The minimum absolute atomic E-state index is 0.0440. The van der Waals surface area contributed by atoms with Crippen LogP contribution in [-0.4, -0.2) is 10.2 Å². The van der Waals surface area contributed by atoms with Crippen LogP contribution in [0.15, 0.2) is 36.4 Å². The number of aliphatic hydroxyl groups excluding tert-OH is 2. The first kappa shape index (κ1) is 11.5. The summed E-state index contributed by atoms with van der Waals surface area (Å²) in [5, 5.41) is 19.0. The van der Waals surface area contributed by atoms with Gasteiger partial charge in [-0.1, -0.05) is 36.4 Å². The molecule has 0 amide bonds. The summed E-state index contributed by atoms with van der Waals surface area (Å²) in [6.45, 7) is 0.0880. The number of fused-ring (bicyclic) bond motifs is 3. The number of hydrogen-bond donors (Lipinski definition) is 2. The molecule has 0 bridgehead atoms. The SMILES string of the molecule is OCc1cccc2c1-c1c(CO)cccc1CC2. The van der Waals surface area contributed by atoms with Crippen molar-refractivity contribution in [1.82, 2.24) is 0 Å². The lowest BCUT2D eigenvalue weighted by Crippen LogP contribution is -2.09. The quantitative estimate of drug-likeness (QED) is 0.846. The normalized spacial score (nSPS) is 13.0. The Kier molecular flexibility index (Phi) is 2.90. The van der Waals surface area contributed by atoms with Crippen molar-refractivity contribution in [2.24, 2.45) is 0 Å². The van der Waals surface area contributed by atoms with Gasteiger partial charge in [-0.05, 0) is 46.2 Å². The predicted octanol–water partition coefficient (Wildman–Crippen LogP) is 2.44. The molecule has 2 aromatic rings. The third-order valence-corrected chi connectivity index (χ3v) is 3.73. The van der Waals surface area contributed by atoms with Gasteiger partial charge < -0.3 is 10.2 Å². The van der Waals surface area contributed by atoms with E-state index in [1.165, 1.54) is 11.1 Å². The Morgan fingerprint density at radius 2 is 1.17 bits per heavy atom. The zero-order valence-corrected chi connectivity index (χ0v) is 10.2. The second kappa shape index (κ2) is 4.56. The van der Waals surface area contributed by atoms with Crippen LogP contribution in [-0.2, 0) is 26.1 Å².